The lowest BCUT2D eigenvalue weighted by Crippen LogP contribution is -2.35. The van der Waals surface area contributed by atoms with Crippen molar-refractivity contribution < 1.29 is 37.7 Å². The monoisotopic (exact) mass is 521 g/mol. The van der Waals surface area contributed by atoms with E-state index in [1.807, 2.05) is 20.8 Å². The van der Waals surface area contributed by atoms with Crippen LogP contribution in [0.5, 0.6) is 5.75 Å². The minimum absolute atomic E-state index is 0.156. The van der Waals surface area contributed by atoms with Gasteiger partial charge in [0.2, 0.25) is 0 Å². The molecular weight excluding hydrogens is 487 g/mol. The van der Waals surface area contributed by atoms with E-state index in [4.69, 9.17) is 9.47 Å². The highest BCUT2D eigenvalue weighted by Gasteiger charge is 2.41. The summed E-state index contributed by atoms with van der Waals surface area (Å²) in [6.07, 6.45) is 0.664. The molecule has 3 aromatic rings. The molecule has 0 aliphatic carbocycles. The summed E-state index contributed by atoms with van der Waals surface area (Å²) in [5, 5.41) is 20.9. The van der Waals surface area contributed by atoms with Gasteiger partial charge >= 0.3 is 5.97 Å². The lowest BCUT2D eigenvalue weighted by Gasteiger charge is -2.36. The Balaban J connectivity index is 2.51. The summed E-state index contributed by atoms with van der Waals surface area (Å²) < 4.78 is 55.7. The number of halogens is 3. The van der Waals surface area contributed by atoms with Gasteiger partial charge in [-0.2, -0.15) is 0 Å². The van der Waals surface area contributed by atoms with Gasteiger partial charge in [-0.25, -0.2) is 13.2 Å². The third kappa shape index (κ3) is 5.48. The van der Waals surface area contributed by atoms with Gasteiger partial charge < -0.3 is 24.3 Å². The summed E-state index contributed by atoms with van der Waals surface area (Å²) >= 11 is 0. The number of aliphatic carboxylic acids is 1. The number of hydrogen-bond acceptors (Lipinski definition) is 4. The summed E-state index contributed by atoms with van der Waals surface area (Å²) in [4.78, 5) is 11.6. The lowest BCUT2D eigenvalue weighted by atomic mass is 9.72. The van der Waals surface area contributed by atoms with Crippen molar-refractivity contribution in [2.24, 2.45) is 5.92 Å². The molecule has 202 valence electrons. The van der Waals surface area contributed by atoms with E-state index in [0.29, 0.717) is 29.5 Å². The zero-order valence-corrected chi connectivity index (χ0v) is 22.0. The van der Waals surface area contributed by atoms with Gasteiger partial charge in [0.15, 0.2) is 11.6 Å². The van der Waals surface area contributed by atoms with Crippen LogP contribution >= 0.6 is 0 Å². The number of benzene rings is 2. The highest BCUT2D eigenvalue weighted by Crippen LogP contribution is 2.48. The second-order valence-corrected chi connectivity index (χ2v) is 10.6. The van der Waals surface area contributed by atoms with Crippen LogP contribution in [0, 0.1) is 23.4 Å². The van der Waals surface area contributed by atoms with Crippen LogP contribution < -0.4 is 0 Å². The molecule has 3 rings (SSSR count). The van der Waals surface area contributed by atoms with Gasteiger partial charge in [0, 0.05) is 53.9 Å². The van der Waals surface area contributed by atoms with E-state index in [-0.39, 0.29) is 30.2 Å². The molecule has 1 aromatic heterocycles. The zero-order valence-electron chi connectivity index (χ0n) is 22.0. The summed E-state index contributed by atoms with van der Waals surface area (Å²) in [5.41, 5.74) is 0.0508. The van der Waals surface area contributed by atoms with Crippen LogP contribution in [-0.4, -0.2) is 48.2 Å². The van der Waals surface area contributed by atoms with Crippen LogP contribution in [0.2, 0.25) is 0 Å². The van der Waals surface area contributed by atoms with Crippen molar-refractivity contribution in [3.05, 3.63) is 59.0 Å². The third-order valence-electron chi connectivity index (χ3n) is 6.94. The minimum Gasteiger partial charge on any atom is -0.507 e. The number of rotatable bonds is 11. The topological polar surface area (TPSA) is 80.9 Å². The molecule has 0 amide bonds. The summed E-state index contributed by atoms with van der Waals surface area (Å²) in [6, 6.07) is 5.63. The molecule has 0 fully saturated rings. The molecular formula is C28H34F3NO5. The average Bonchev–Trinajstić information content (AvgIpc) is 3.16. The lowest BCUT2D eigenvalue weighted by molar-refractivity contribution is -0.141. The van der Waals surface area contributed by atoms with Crippen molar-refractivity contribution in [3.8, 4) is 11.4 Å². The highest BCUT2D eigenvalue weighted by molar-refractivity contribution is 5.94. The van der Waals surface area contributed by atoms with Crippen molar-refractivity contribution in [2.45, 2.75) is 51.4 Å². The number of hydrogen-bond donors (Lipinski definition) is 2. The number of carbonyl (C=O) groups is 1. The molecule has 37 heavy (non-hydrogen) atoms. The molecule has 6 nitrogen and oxygen atoms in total. The number of phenols is 1. The molecule has 9 heteroatoms. The Bertz CT molecular complexity index is 1300. The van der Waals surface area contributed by atoms with Gasteiger partial charge in [0.25, 0.3) is 0 Å². The first-order valence-electron chi connectivity index (χ1n) is 12.0. The maximum absolute atomic E-state index is 14.7. The predicted molar refractivity (Wildman–Crippen MR) is 135 cm³/mol. The molecule has 2 unspecified atom stereocenters. The van der Waals surface area contributed by atoms with Crippen LogP contribution in [0.3, 0.4) is 0 Å². The van der Waals surface area contributed by atoms with E-state index in [9.17, 15) is 28.2 Å². The fourth-order valence-electron chi connectivity index (χ4n) is 5.16. The van der Waals surface area contributed by atoms with Gasteiger partial charge in [-0.1, -0.05) is 27.7 Å². The van der Waals surface area contributed by atoms with E-state index in [1.165, 1.54) is 26.4 Å². The number of carboxylic acids is 1. The van der Waals surface area contributed by atoms with Gasteiger partial charge in [-0.3, -0.25) is 4.79 Å². The van der Waals surface area contributed by atoms with Crippen molar-refractivity contribution >= 4 is 16.9 Å². The molecule has 0 bridgehead atoms. The van der Waals surface area contributed by atoms with E-state index < -0.39 is 40.2 Å². The van der Waals surface area contributed by atoms with E-state index in [0.717, 1.165) is 18.2 Å². The van der Waals surface area contributed by atoms with Crippen LogP contribution in [0.15, 0.2) is 30.3 Å². The number of carboxylic acid groups (broad SMARTS) is 1. The van der Waals surface area contributed by atoms with Crippen molar-refractivity contribution in [1.82, 2.24) is 4.57 Å². The fraction of sp³-hybridized carbons (Fsp3) is 0.464. The number of nitrogens with zero attached hydrogens (tertiary/aromatic N) is 1. The Kier molecular flexibility index (Phi) is 8.29. The van der Waals surface area contributed by atoms with E-state index >= 15 is 0 Å². The molecule has 1 heterocycles. The molecule has 0 saturated carbocycles. The Morgan fingerprint density at radius 2 is 1.68 bits per heavy atom. The molecule has 0 spiro atoms. The van der Waals surface area contributed by atoms with Gasteiger partial charge in [0.1, 0.15) is 11.6 Å². The van der Waals surface area contributed by atoms with E-state index in [2.05, 4.69) is 0 Å². The van der Waals surface area contributed by atoms with Crippen molar-refractivity contribution in [3.63, 3.8) is 0 Å². The first kappa shape index (κ1) is 28.5. The number of methoxy groups -OCH3 is 2. The second kappa shape index (κ2) is 10.8. The minimum atomic E-state index is -1.08. The SMILES string of the molecule is COCC(C)(C)c1c(C(C)(CCC(C)C(=O)O)COC)c2c(O)cc(F)cc2n1-c1ccc(F)c(F)c1. The molecule has 2 aromatic carbocycles. The predicted octanol–water partition coefficient (Wildman–Crippen LogP) is 6.08. The maximum atomic E-state index is 14.7. The van der Waals surface area contributed by atoms with Gasteiger partial charge in [-0.15, -0.1) is 0 Å². The van der Waals surface area contributed by atoms with Crippen molar-refractivity contribution in [2.75, 3.05) is 27.4 Å². The molecule has 2 N–H and O–H groups in total. The van der Waals surface area contributed by atoms with Gasteiger partial charge in [0.05, 0.1) is 24.6 Å². The molecule has 0 aliphatic rings. The third-order valence-corrected chi connectivity index (χ3v) is 6.94. The number of fused-ring (bicyclic) bond motifs is 1. The average molecular weight is 522 g/mol. The molecule has 0 saturated heterocycles. The quantitative estimate of drug-likeness (QED) is 0.320. The van der Waals surface area contributed by atoms with Crippen LogP contribution in [-0.2, 0) is 25.1 Å². The van der Waals surface area contributed by atoms with Crippen LogP contribution in [0.4, 0.5) is 13.2 Å². The number of phenolic OH excluding ortho intramolecular Hbond substituents is 1. The first-order valence-corrected chi connectivity index (χ1v) is 12.0. The normalized spacial score (nSPS) is 14.6. The fourth-order valence-corrected chi connectivity index (χ4v) is 5.16. The Hall–Kier alpha value is -3.04. The standard InChI is InChI=1S/C28H34F3NO5/c1-16(26(34)35)9-10-28(4,15-37-6)24-23-21(11-17(29)12-22(23)33)32(25(24)27(2,3)14-36-5)18-7-8-19(30)20(31)13-18/h7-8,11-13,16,33H,9-10,14-15H2,1-6H3,(H,34,35). The Morgan fingerprint density at radius 3 is 2.24 bits per heavy atom. The smallest absolute Gasteiger partial charge is 0.306 e. The molecule has 2 atom stereocenters. The van der Waals surface area contributed by atoms with Crippen LogP contribution in [0.1, 0.15) is 51.8 Å². The van der Waals surface area contributed by atoms with E-state index in [1.54, 1.807) is 11.5 Å². The number of aromatic nitrogens is 1. The Labute approximate surface area is 214 Å². The number of ether oxygens (including phenoxy) is 2. The van der Waals surface area contributed by atoms with Crippen molar-refractivity contribution in [1.29, 1.82) is 0 Å². The van der Waals surface area contributed by atoms with Crippen LogP contribution in [0.25, 0.3) is 16.6 Å². The van der Waals surface area contributed by atoms with Gasteiger partial charge in [-0.05, 0) is 36.6 Å². The number of aromatic hydroxyl groups is 1. The zero-order chi connectivity index (χ0) is 27.7. The summed E-state index contributed by atoms with van der Waals surface area (Å²) in [7, 11) is 3.05. The first-order chi connectivity index (χ1) is 17.3. The second-order valence-electron chi connectivity index (χ2n) is 10.6. The Morgan fingerprint density at radius 1 is 1.03 bits per heavy atom. The summed E-state index contributed by atoms with van der Waals surface area (Å²) in [5.74, 6) is -4.71. The maximum Gasteiger partial charge on any atom is 0.306 e. The summed E-state index contributed by atoms with van der Waals surface area (Å²) in [6.45, 7) is 7.66. The molecule has 0 radical (unpaired) electrons. The highest BCUT2D eigenvalue weighted by atomic mass is 19.2. The molecule has 0 aliphatic heterocycles. The largest absolute Gasteiger partial charge is 0.507 e.